The SMILES string of the molecule is Cc1cc2nn(-c3ccc(C(C)C)cc3)nc2cc1NC(=O)c1ccc(C#N)cc1F. The molecule has 4 rings (SSSR count). The number of nitrogens with zero attached hydrogens (tertiary/aromatic N) is 4. The summed E-state index contributed by atoms with van der Waals surface area (Å²) in [4.78, 5) is 14.1. The minimum atomic E-state index is -0.744. The zero-order valence-electron chi connectivity index (χ0n) is 17.3. The van der Waals surface area contributed by atoms with Crippen LogP contribution in [0.5, 0.6) is 0 Å². The molecule has 0 spiro atoms. The molecule has 0 atom stereocenters. The van der Waals surface area contributed by atoms with Crippen LogP contribution in [-0.2, 0) is 0 Å². The predicted octanol–water partition coefficient (Wildman–Crippen LogP) is 5.12. The molecule has 4 aromatic rings. The van der Waals surface area contributed by atoms with E-state index >= 15 is 0 Å². The van der Waals surface area contributed by atoms with E-state index in [1.165, 1.54) is 17.7 Å². The molecule has 31 heavy (non-hydrogen) atoms. The van der Waals surface area contributed by atoms with Crippen molar-refractivity contribution in [2.24, 2.45) is 0 Å². The number of hydrogen-bond donors (Lipinski definition) is 1. The van der Waals surface area contributed by atoms with Crippen LogP contribution in [0, 0.1) is 24.1 Å². The van der Waals surface area contributed by atoms with Crippen molar-refractivity contribution in [3.63, 3.8) is 0 Å². The summed E-state index contributed by atoms with van der Waals surface area (Å²) in [5.74, 6) is -0.902. The van der Waals surface area contributed by atoms with Crippen LogP contribution in [0.4, 0.5) is 10.1 Å². The summed E-state index contributed by atoms with van der Waals surface area (Å²) < 4.78 is 14.2. The van der Waals surface area contributed by atoms with Crippen LogP contribution in [0.2, 0.25) is 0 Å². The van der Waals surface area contributed by atoms with E-state index in [1.807, 2.05) is 31.2 Å². The molecule has 6 nitrogen and oxygen atoms in total. The number of carbonyl (C=O) groups is 1. The lowest BCUT2D eigenvalue weighted by molar-refractivity contribution is 0.102. The first-order valence-electron chi connectivity index (χ1n) is 9.85. The molecule has 0 aliphatic rings. The number of fused-ring (bicyclic) bond motifs is 1. The number of nitriles is 1. The Bertz CT molecular complexity index is 1330. The van der Waals surface area contributed by atoms with E-state index in [2.05, 4.69) is 41.5 Å². The minimum absolute atomic E-state index is 0.132. The second kappa shape index (κ2) is 8.00. The maximum atomic E-state index is 14.2. The summed E-state index contributed by atoms with van der Waals surface area (Å²) in [6, 6.07) is 17.2. The van der Waals surface area contributed by atoms with Crippen LogP contribution in [0.25, 0.3) is 16.7 Å². The molecule has 0 fully saturated rings. The van der Waals surface area contributed by atoms with E-state index < -0.39 is 11.7 Å². The summed E-state index contributed by atoms with van der Waals surface area (Å²) in [7, 11) is 0. The average Bonchev–Trinajstić information content (AvgIpc) is 3.16. The molecule has 0 aliphatic heterocycles. The number of rotatable bonds is 4. The molecule has 1 aromatic heterocycles. The number of amides is 1. The molecule has 0 unspecified atom stereocenters. The Morgan fingerprint density at radius 1 is 1.06 bits per heavy atom. The van der Waals surface area contributed by atoms with Gasteiger partial charge in [-0.05, 0) is 66.4 Å². The molecule has 0 radical (unpaired) electrons. The maximum Gasteiger partial charge on any atom is 0.258 e. The molecule has 0 saturated heterocycles. The topological polar surface area (TPSA) is 83.6 Å². The minimum Gasteiger partial charge on any atom is -0.322 e. The van der Waals surface area contributed by atoms with Gasteiger partial charge in [-0.3, -0.25) is 4.79 Å². The molecule has 3 aromatic carbocycles. The average molecular weight is 413 g/mol. The lowest BCUT2D eigenvalue weighted by atomic mass is 10.0. The van der Waals surface area contributed by atoms with Gasteiger partial charge in [0.05, 0.1) is 22.9 Å². The number of hydrogen-bond acceptors (Lipinski definition) is 4. The van der Waals surface area contributed by atoms with Gasteiger partial charge in [-0.25, -0.2) is 4.39 Å². The Morgan fingerprint density at radius 2 is 1.74 bits per heavy atom. The van der Waals surface area contributed by atoms with E-state index in [9.17, 15) is 9.18 Å². The van der Waals surface area contributed by atoms with Crippen LogP contribution < -0.4 is 5.32 Å². The second-order valence-electron chi connectivity index (χ2n) is 7.65. The summed E-state index contributed by atoms with van der Waals surface area (Å²) in [6.45, 7) is 6.11. The van der Waals surface area contributed by atoms with Gasteiger partial charge >= 0.3 is 0 Å². The van der Waals surface area contributed by atoms with Crippen molar-refractivity contribution >= 4 is 22.6 Å². The fourth-order valence-electron chi connectivity index (χ4n) is 3.27. The monoisotopic (exact) mass is 413 g/mol. The number of benzene rings is 3. The van der Waals surface area contributed by atoms with Gasteiger partial charge in [0.1, 0.15) is 16.9 Å². The van der Waals surface area contributed by atoms with Gasteiger partial charge in [0.25, 0.3) is 5.91 Å². The Balaban J connectivity index is 1.63. The lowest BCUT2D eigenvalue weighted by Gasteiger charge is -2.09. The highest BCUT2D eigenvalue weighted by molar-refractivity contribution is 6.05. The van der Waals surface area contributed by atoms with Crippen molar-refractivity contribution in [1.82, 2.24) is 15.0 Å². The molecular formula is C24H20FN5O. The Kier molecular flexibility index (Phi) is 5.22. The maximum absolute atomic E-state index is 14.2. The molecule has 0 aliphatic carbocycles. The number of anilines is 1. The number of aromatic nitrogens is 3. The summed E-state index contributed by atoms with van der Waals surface area (Å²) in [5.41, 5.74) is 4.68. The van der Waals surface area contributed by atoms with E-state index in [0.29, 0.717) is 22.6 Å². The lowest BCUT2D eigenvalue weighted by Crippen LogP contribution is -2.14. The van der Waals surface area contributed by atoms with Crippen molar-refractivity contribution in [3.8, 4) is 11.8 Å². The van der Waals surface area contributed by atoms with Gasteiger partial charge in [-0.1, -0.05) is 26.0 Å². The van der Waals surface area contributed by atoms with E-state index in [4.69, 9.17) is 5.26 Å². The molecular weight excluding hydrogens is 393 g/mol. The zero-order valence-corrected chi connectivity index (χ0v) is 17.3. The first-order valence-corrected chi connectivity index (χ1v) is 9.85. The van der Waals surface area contributed by atoms with Gasteiger partial charge < -0.3 is 5.32 Å². The third-order valence-corrected chi connectivity index (χ3v) is 5.11. The normalized spacial score (nSPS) is 11.0. The van der Waals surface area contributed by atoms with E-state index in [-0.39, 0.29) is 11.1 Å². The van der Waals surface area contributed by atoms with Gasteiger partial charge in [0.2, 0.25) is 0 Å². The zero-order chi connectivity index (χ0) is 22.1. The number of nitrogens with one attached hydrogen (secondary N) is 1. The fourth-order valence-corrected chi connectivity index (χ4v) is 3.27. The highest BCUT2D eigenvalue weighted by atomic mass is 19.1. The van der Waals surface area contributed by atoms with Crippen molar-refractivity contribution in [2.75, 3.05) is 5.32 Å². The van der Waals surface area contributed by atoms with Gasteiger partial charge in [-0.15, -0.1) is 10.2 Å². The number of carbonyl (C=O) groups excluding carboxylic acids is 1. The molecule has 1 heterocycles. The third-order valence-electron chi connectivity index (χ3n) is 5.11. The van der Waals surface area contributed by atoms with E-state index in [0.717, 1.165) is 17.3 Å². The number of halogens is 1. The Hall–Kier alpha value is -4.05. The summed E-state index contributed by atoms with van der Waals surface area (Å²) in [6.07, 6.45) is 0. The van der Waals surface area contributed by atoms with Crippen LogP contribution >= 0.6 is 0 Å². The fraction of sp³-hybridized carbons (Fsp3) is 0.167. The van der Waals surface area contributed by atoms with Crippen molar-refractivity contribution < 1.29 is 9.18 Å². The van der Waals surface area contributed by atoms with Gasteiger partial charge in [-0.2, -0.15) is 10.1 Å². The summed E-state index contributed by atoms with van der Waals surface area (Å²) >= 11 is 0. The quantitative estimate of drug-likeness (QED) is 0.504. The number of aryl methyl sites for hydroxylation is 1. The second-order valence-corrected chi connectivity index (χ2v) is 7.65. The van der Waals surface area contributed by atoms with Gasteiger partial charge in [0, 0.05) is 5.69 Å². The van der Waals surface area contributed by atoms with Gasteiger partial charge in [0.15, 0.2) is 0 Å². The van der Waals surface area contributed by atoms with Crippen molar-refractivity contribution in [3.05, 3.63) is 82.7 Å². The Morgan fingerprint density at radius 3 is 2.35 bits per heavy atom. The van der Waals surface area contributed by atoms with Crippen molar-refractivity contribution in [1.29, 1.82) is 5.26 Å². The molecule has 154 valence electrons. The predicted molar refractivity (Wildman–Crippen MR) is 117 cm³/mol. The van der Waals surface area contributed by atoms with E-state index in [1.54, 1.807) is 10.9 Å². The standard InChI is InChI=1S/C24H20FN5O/c1-14(2)17-5-7-18(8-6-17)30-28-22-10-15(3)21(12-23(22)29-30)27-24(31)19-9-4-16(13-26)11-20(19)25/h4-12,14H,1-3H3,(H,27,31). The Labute approximate surface area is 178 Å². The molecule has 1 amide bonds. The molecule has 7 heteroatoms. The van der Waals surface area contributed by atoms with Crippen LogP contribution in [-0.4, -0.2) is 20.9 Å². The largest absolute Gasteiger partial charge is 0.322 e. The smallest absolute Gasteiger partial charge is 0.258 e. The van der Waals surface area contributed by atoms with Crippen LogP contribution in [0.1, 0.15) is 46.8 Å². The molecule has 1 N–H and O–H groups in total. The first-order chi connectivity index (χ1) is 14.9. The van der Waals surface area contributed by atoms with Crippen LogP contribution in [0.15, 0.2) is 54.6 Å². The highest BCUT2D eigenvalue weighted by Crippen LogP contribution is 2.24. The highest BCUT2D eigenvalue weighted by Gasteiger charge is 2.15. The molecule has 0 saturated carbocycles. The third kappa shape index (κ3) is 4.01. The van der Waals surface area contributed by atoms with Crippen molar-refractivity contribution in [2.45, 2.75) is 26.7 Å². The molecule has 0 bridgehead atoms. The summed E-state index contributed by atoms with van der Waals surface area (Å²) in [5, 5.41) is 20.6. The first kappa shape index (κ1) is 20.2. The van der Waals surface area contributed by atoms with Crippen LogP contribution in [0.3, 0.4) is 0 Å².